The van der Waals surface area contributed by atoms with Crippen LogP contribution in [0.4, 0.5) is 13.2 Å². The predicted molar refractivity (Wildman–Crippen MR) is 99.6 cm³/mol. The highest BCUT2D eigenvalue weighted by Crippen LogP contribution is 2.48. The molecule has 1 fully saturated rings. The van der Waals surface area contributed by atoms with Crippen molar-refractivity contribution in [1.29, 1.82) is 0 Å². The summed E-state index contributed by atoms with van der Waals surface area (Å²) in [5, 5.41) is 3.02. The van der Waals surface area contributed by atoms with E-state index in [0.29, 0.717) is 5.56 Å². The van der Waals surface area contributed by atoms with Crippen molar-refractivity contribution >= 4 is 12.0 Å². The molecule has 1 spiro atoms. The maximum atomic E-state index is 12.6. The van der Waals surface area contributed by atoms with Gasteiger partial charge in [-0.3, -0.25) is 4.79 Å². The molecule has 2 aromatic carbocycles. The Labute approximate surface area is 161 Å². The number of benzene rings is 2. The van der Waals surface area contributed by atoms with Crippen molar-refractivity contribution in [2.24, 2.45) is 0 Å². The molecule has 1 unspecified atom stereocenters. The molecule has 4 rings (SSSR count). The molecule has 3 nitrogen and oxygen atoms in total. The zero-order valence-electron chi connectivity index (χ0n) is 15.1. The molecule has 0 saturated heterocycles. The quantitative estimate of drug-likeness (QED) is 0.728. The van der Waals surface area contributed by atoms with Gasteiger partial charge in [-0.15, -0.1) is 0 Å². The predicted octanol–water partition coefficient (Wildman–Crippen LogP) is 5.28. The molecule has 1 atom stereocenters. The van der Waals surface area contributed by atoms with Crippen molar-refractivity contribution < 1.29 is 22.7 Å². The van der Waals surface area contributed by atoms with Crippen LogP contribution >= 0.6 is 0 Å². The van der Waals surface area contributed by atoms with Crippen LogP contribution in [0, 0.1) is 0 Å². The van der Waals surface area contributed by atoms with Crippen LogP contribution in [-0.4, -0.2) is 11.5 Å². The fourth-order valence-electron chi connectivity index (χ4n) is 3.80. The number of nitrogens with one attached hydrogen (secondary N) is 1. The molecule has 1 aliphatic heterocycles. The molecule has 1 amide bonds. The molecule has 0 aromatic heterocycles. The van der Waals surface area contributed by atoms with Gasteiger partial charge in [0.25, 0.3) is 0 Å². The number of para-hydroxylation sites is 1. The Bertz CT molecular complexity index is 899. The lowest BCUT2D eigenvalue weighted by Crippen LogP contribution is -2.49. The summed E-state index contributed by atoms with van der Waals surface area (Å²) in [6, 6.07) is 12.3. The van der Waals surface area contributed by atoms with Crippen molar-refractivity contribution in [1.82, 2.24) is 5.32 Å². The SMILES string of the molecule is O=C(/C=C/c1ccc(C(F)(F)F)cc1)NC1CC2(CCC2)Oc2ccccc21. The Morgan fingerprint density at radius 2 is 1.82 bits per heavy atom. The molecule has 2 aromatic rings. The van der Waals surface area contributed by atoms with Gasteiger partial charge in [0.05, 0.1) is 11.6 Å². The van der Waals surface area contributed by atoms with Crippen LogP contribution in [0.2, 0.25) is 0 Å². The average molecular weight is 387 g/mol. The molecular weight excluding hydrogens is 367 g/mol. The topological polar surface area (TPSA) is 38.3 Å². The summed E-state index contributed by atoms with van der Waals surface area (Å²) in [6.45, 7) is 0. The summed E-state index contributed by atoms with van der Waals surface area (Å²) in [4.78, 5) is 12.4. The third-order valence-electron chi connectivity index (χ3n) is 5.44. The molecule has 28 heavy (non-hydrogen) atoms. The standard InChI is InChI=1S/C22H20F3NO2/c23-22(24,25)16-9-6-15(7-10-16)8-11-20(27)26-18-14-21(12-3-13-21)28-19-5-2-1-4-17(18)19/h1-2,4-11,18H,3,12-14H2,(H,26,27)/b11-8+. The van der Waals surface area contributed by atoms with Gasteiger partial charge in [-0.25, -0.2) is 0 Å². The number of hydrogen-bond acceptors (Lipinski definition) is 2. The number of carbonyl (C=O) groups is 1. The molecule has 6 heteroatoms. The summed E-state index contributed by atoms with van der Waals surface area (Å²) in [6.07, 6.45) is 2.31. The summed E-state index contributed by atoms with van der Waals surface area (Å²) in [5.41, 5.74) is 0.588. The van der Waals surface area contributed by atoms with Crippen molar-refractivity contribution in [2.75, 3.05) is 0 Å². The number of alkyl halides is 3. The Kier molecular flexibility index (Phi) is 4.65. The number of carbonyl (C=O) groups excluding carboxylic acids is 1. The minimum absolute atomic E-state index is 0.144. The minimum atomic E-state index is -4.37. The number of ether oxygens (including phenoxy) is 1. The van der Waals surface area contributed by atoms with Gasteiger partial charge in [0, 0.05) is 18.1 Å². The van der Waals surface area contributed by atoms with Crippen molar-refractivity contribution in [3.8, 4) is 5.75 Å². The summed E-state index contributed by atoms with van der Waals surface area (Å²) >= 11 is 0. The number of halogens is 3. The van der Waals surface area contributed by atoms with Crippen LogP contribution in [0.15, 0.2) is 54.6 Å². The molecule has 2 aliphatic rings. The lowest BCUT2D eigenvalue weighted by atomic mass is 9.73. The Balaban J connectivity index is 1.45. The zero-order chi connectivity index (χ0) is 19.8. The third kappa shape index (κ3) is 3.77. The van der Waals surface area contributed by atoms with E-state index in [0.717, 1.165) is 49.1 Å². The monoisotopic (exact) mass is 387 g/mol. The second kappa shape index (κ2) is 7.00. The van der Waals surface area contributed by atoms with E-state index in [4.69, 9.17) is 4.74 Å². The van der Waals surface area contributed by atoms with Gasteiger partial charge >= 0.3 is 6.18 Å². The molecule has 1 aliphatic carbocycles. The summed E-state index contributed by atoms with van der Waals surface area (Å²) in [7, 11) is 0. The normalized spacial score (nSPS) is 20.3. The van der Waals surface area contributed by atoms with Gasteiger partial charge in [-0.1, -0.05) is 30.3 Å². The first-order valence-corrected chi connectivity index (χ1v) is 9.28. The van der Waals surface area contributed by atoms with Crippen molar-refractivity contribution in [3.05, 3.63) is 71.3 Å². The molecule has 0 bridgehead atoms. The third-order valence-corrected chi connectivity index (χ3v) is 5.44. The molecule has 0 radical (unpaired) electrons. The lowest BCUT2D eigenvalue weighted by molar-refractivity contribution is -0.137. The fourth-order valence-corrected chi connectivity index (χ4v) is 3.80. The minimum Gasteiger partial charge on any atom is -0.487 e. The van der Waals surface area contributed by atoms with E-state index in [1.807, 2.05) is 24.3 Å². The Morgan fingerprint density at radius 1 is 1.11 bits per heavy atom. The number of rotatable bonds is 3. The van der Waals surface area contributed by atoms with E-state index in [-0.39, 0.29) is 17.6 Å². The van der Waals surface area contributed by atoms with Gasteiger partial charge in [0.15, 0.2) is 0 Å². The number of hydrogen-bond donors (Lipinski definition) is 1. The van der Waals surface area contributed by atoms with E-state index in [1.54, 1.807) is 0 Å². The first-order chi connectivity index (χ1) is 13.3. The highest BCUT2D eigenvalue weighted by molar-refractivity contribution is 5.92. The van der Waals surface area contributed by atoms with Crippen molar-refractivity contribution in [3.63, 3.8) is 0 Å². The van der Waals surface area contributed by atoms with Crippen LogP contribution < -0.4 is 10.1 Å². The van der Waals surface area contributed by atoms with Crippen LogP contribution in [0.1, 0.15) is 48.4 Å². The van der Waals surface area contributed by atoms with Gasteiger partial charge in [0.1, 0.15) is 11.4 Å². The molecule has 1 saturated carbocycles. The van der Waals surface area contributed by atoms with Gasteiger partial charge in [-0.2, -0.15) is 13.2 Å². The highest BCUT2D eigenvalue weighted by Gasteiger charge is 2.45. The molecular formula is C22H20F3NO2. The molecule has 1 N–H and O–H groups in total. The largest absolute Gasteiger partial charge is 0.487 e. The van der Waals surface area contributed by atoms with E-state index < -0.39 is 11.7 Å². The molecule has 1 heterocycles. The van der Waals surface area contributed by atoms with Crippen LogP contribution in [0.5, 0.6) is 5.75 Å². The maximum absolute atomic E-state index is 12.6. The Morgan fingerprint density at radius 3 is 2.46 bits per heavy atom. The maximum Gasteiger partial charge on any atom is 0.416 e. The van der Waals surface area contributed by atoms with E-state index >= 15 is 0 Å². The zero-order valence-corrected chi connectivity index (χ0v) is 15.1. The number of amides is 1. The van der Waals surface area contributed by atoms with Crippen LogP contribution in [0.3, 0.4) is 0 Å². The van der Waals surface area contributed by atoms with Gasteiger partial charge in [0.2, 0.25) is 5.91 Å². The first kappa shape index (κ1) is 18.6. The molecule has 146 valence electrons. The first-order valence-electron chi connectivity index (χ1n) is 9.28. The van der Waals surface area contributed by atoms with Gasteiger partial charge < -0.3 is 10.1 Å². The second-order valence-corrected chi connectivity index (χ2v) is 7.39. The average Bonchev–Trinajstić information content (AvgIpc) is 2.64. The van der Waals surface area contributed by atoms with Crippen LogP contribution in [0.25, 0.3) is 6.08 Å². The van der Waals surface area contributed by atoms with Crippen LogP contribution in [-0.2, 0) is 11.0 Å². The van der Waals surface area contributed by atoms with Gasteiger partial charge in [-0.05, 0) is 49.1 Å². The number of fused-ring (bicyclic) bond motifs is 1. The van der Waals surface area contributed by atoms with E-state index in [1.165, 1.54) is 24.3 Å². The van der Waals surface area contributed by atoms with E-state index in [9.17, 15) is 18.0 Å². The summed E-state index contributed by atoms with van der Waals surface area (Å²) < 4.78 is 44.0. The highest BCUT2D eigenvalue weighted by atomic mass is 19.4. The second-order valence-electron chi connectivity index (χ2n) is 7.39. The smallest absolute Gasteiger partial charge is 0.416 e. The Hall–Kier alpha value is -2.76. The van der Waals surface area contributed by atoms with Crippen molar-refractivity contribution in [2.45, 2.75) is 43.5 Å². The van der Waals surface area contributed by atoms with E-state index in [2.05, 4.69) is 5.32 Å². The lowest BCUT2D eigenvalue weighted by Gasteiger charge is -2.47. The fraction of sp³-hybridized carbons (Fsp3) is 0.318. The summed E-state index contributed by atoms with van der Waals surface area (Å²) in [5.74, 6) is 0.529.